The van der Waals surface area contributed by atoms with Crippen molar-refractivity contribution in [2.24, 2.45) is 0 Å². The number of nitriles is 1. The molecule has 1 aromatic carbocycles. The molecular formula is C19H23N3O3. The van der Waals surface area contributed by atoms with Crippen LogP contribution in [0.5, 0.6) is 5.75 Å². The summed E-state index contributed by atoms with van der Waals surface area (Å²) in [5, 5.41) is 9.41. The van der Waals surface area contributed by atoms with Crippen LogP contribution in [0.25, 0.3) is 5.70 Å². The lowest BCUT2D eigenvalue weighted by Gasteiger charge is -2.39. The SMILES string of the molecule is CCONC1=C(N2CCCC2=O)c2c(ccc(C#N)c2C)OC1(C)C. The lowest BCUT2D eigenvalue weighted by Crippen LogP contribution is -2.44. The van der Waals surface area contributed by atoms with E-state index in [1.807, 2.05) is 27.7 Å². The van der Waals surface area contributed by atoms with Crippen LogP contribution >= 0.6 is 0 Å². The van der Waals surface area contributed by atoms with Gasteiger partial charge in [-0.05, 0) is 51.8 Å². The third-order valence-electron chi connectivity index (χ3n) is 4.65. The number of carbonyl (C=O) groups excluding carboxylic acids is 1. The Kier molecular flexibility index (Phi) is 4.44. The highest BCUT2D eigenvalue weighted by Gasteiger charge is 2.41. The van der Waals surface area contributed by atoms with Crippen molar-refractivity contribution in [2.45, 2.75) is 46.1 Å². The van der Waals surface area contributed by atoms with Crippen molar-refractivity contribution in [3.05, 3.63) is 34.5 Å². The van der Waals surface area contributed by atoms with E-state index < -0.39 is 5.60 Å². The quantitative estimate of drug-likeness (QED) is 0.853. The number of rotatable bonds is 4. The molecule has 6 nitrogen and oxygen atoms in total. The largest absolute Gasteiger partial charge is 0.481 e. The van der Waals surface area contributed by atoms with E-state index in [1.54, 1.807) is 17.0 Å². The zero-order chi connectivity index (χ0) is 18.2. The fourth-order valence-electron chi connectivity index (χ4n) is 3.39. The number of hydroxylamine groups is 1. The van der Waals surface area contributed by atoms with Gasteiger partial charge in [-0.1, -0.05) is 0 Å². The molecule has 1 aromatic rings. The van der Waals surface area contributed by atoms with Crippen LogP contribution in [-0.2, 0) is 9.63 Å². The molecule has 0 bridgehead atoms. The summed E-state index contributed by atoms with van der Waals surface area (Å²) in [6.07, 6.45) is 1.34. The standard InChI is InChI=1S/C19H23N3O3/c1-5-24-21-18-17(22-10-6-7-15(22)23)16-12(2)13(11-20)8-9-14(16)25-19(18,3)4/h8-9,21H,5-7,10H2,1-4H3. The molecule has 1 saturated heterocycles. The van der Waals surface area contributed by atoms with Gasteiger partial charge in [0.05, 0.1) is 23.9 Å². The van der Waals surface area contributed by atoms with E-state index in [0.717, 1.165) is 23.2 Å². The smallest absolute Gasteiger partial charge is 0.227 e. The van der Waals surface area contributed by atoms with Gasteiger partial charge in [-0.15, -0.1) is 0 Å². The van der Waals surface area contributed by atoms with Crippen LogP contribution in [0.15, 0.2) is 17.8 Å². The van der Waals surface area contributed by atoms with Crippen LogP contribution in [0.4, 0.5) is 0 Å². The van der Waals surface area contributed by atoms with Crippen molar-refractivity contribution in [3.8, 4) is 11.8 Å². The molecule has 0 radical (unpaired) electrons. The molecule has 0 unspecified atom stereocenters. The first-order chi connectivity index (χ1) is 11.9. The van der Waals surface area contributed by atoms with E-state index in [9.17, 15) is 10.1 Å². The number of ether oxygens (including phenoxy) is 1. The first-order valence-corrected chi connectivity index (χ1v) is 8.56. The molecule has 2 heterocycles. The second-order valence-corrected chi connectivity index (χ2v) is 6.74. The summed E-state index contributed by atoms with van der Waals surface area (Å²) >= 11 is 0. The Labute approximate surface area is 148 Å². The highest BCUT2D eigenvalue weighted by molar-refractivity contribution is 5.92. The van der Waals surface area contributed by atoms with Crippen molar-refractivity contribution in [1.29, 1.82) is 5.26 Å². The summed E-state index contributed by atoms with van der Waals surface area (Å²) in [6, 6.07) is 5.78. The Morgan fingerprint density at radius 2 is 2.20 bits per heavy atom. The molecule has 2 aliphatic heterocycles. The molecule has 6 heteroatoms. The average Bonchev–Trinajstić information content (AvgIpc) is 2.98. The number of hydrogen-bond acceptors (Lipinski definition) is 5. The first kappa shape index (κ1) is 17.3. The fourth-order valence-corrected chi connectivity index (χ4v) is 3.39. The number of nitrogens with zero attached hydrogens (tertiary/aromatic N) is 2. The number of benzene rings is 1. The van der Waals surface area contributed by atoms with E-state index >= 15 is 0 Å². The Hall–Kier alpha value is -2.52. The van der Waals surface area contributed by atoms with Crippen LogP contribution < -0.4 is 10.2 Å². The van der Waals surface area contributed by atoms with Gasteiger partial charge in [0.15, 0.2) is 0 Å². The molecule has 1 amide bonds. The zero-order valence-corrected chi connectivity index (χ0v) is 15.1. The molecule has 0 atom stereocenters. The summed E-state index contributed by atoms with van der Waals surface area (Å²) in [5.74, 6) is 0.759. The molecule has 2 aliphatic rings. The van der Waals surface area contributed by atoms with Gasteiger partial charge < -0.3 is 9.64 Å². The molecule has 1 fully saturated rings. The number of likely N-dealkylation sites (tertiary alicyclic amines) is 1. The maximum atomic E-state index is 12.5. The van der Waals surface area contributed by atoms with Crippen LogP contribution in [0, 0.1) is 18.3 Å². The molecule has 25 heavy (non-hydrogen) atoms. The molecule has 132 valence electrons. The van der Waals surface area contributed by atoms with Crippen molar-refractivity contribution in [1.82, 2.24) is 10.4 Å². The van der Waals surface area contributed by atoms with Gasteiger partial charge in [-0.3, -0.25) is 15.1 Å². The number of hydrogen-bond donors (Lipinski definition) is 1. The second-order valence-electron chi connectivity index (χ2n) is 6.74. The maximum absolute atomic E-state index is 12.5. The number of carbonyl (C=O) groups is 1. The normalized spacial score (nSPS) is 18.7. The van der Waals surface area contributed by atoms with Gasteiger partial charge in [0.25, 0.3) is 0 Å². The summed E-state index contributed by atoms with van der Waals surface area (Å²) < 4.78 is 6.19. The first-order valence-electron chi connectivity index (χ1n) is 8.56. The number of nitrogens with one attached hydrogen (secondary N) is 1. The molecular weight excluding hydrogens is 318 g/mol. The minimum Gasteiger partial charge on any atom is -0.481 e. The molecule has 1 N–H and O–H groups in total. The van der Waals surface area contributed by atoms with Gasteiger partial charge >= 0.3 is 0 Å². The maximum Gasteiger partial charge on any atom is 0.227 e. The predicted molar refractivity (Wildman–Crippen MR) is 93.2 cm³/mol. The van der Waals surface area contributed by atoms with Crippen LogP contribution in [-0.4, -0.2) is 29.6 Å². The zero-order valence-electron chi connectivity index (χ0n) is 15.1. The summed E-state index contributed by atoms with van der Waals surface area (Å²) in [7, 11) is 0. The minimum atomic E-state index is -0.693. The van der Waals surface area contributed by atoms with Crippen molar-refractivity contribution < 1.29 is 14.4 Å². The Balaban J connectivity index is 2.28. The Morgan fingerprint density at radius 1 is 1.44 bits per heavy atom. The van der Waals surface area contributed by atoms with Crippen LogP contribution in [0.1, 0.15) is 50.3 Å². The molecule has 0 aromatic heterocycles. The second kappa shape index (κ2) is 6.41. The lowest BCUT2D eigenvalue weighted by molar-refractivity contribution is -0.125. The van der Waals surface area contributed by atoms with Gasteiger partial charge in [0.1, 0.15) is 17.0 Å². The van der Waals surface area contributed by atoms with E-state index in [-0.39, 0.29) is 5.91 Å². The summed E-state index contributed by atoms with van der Waals surface area (Å²) in [4.78, 5) is 19.7. The highest BCUT2D eigenvalue weighted by atomic mass is 16.6. The Morgan fingerprint density at radius 3 is 2.80 bits per heavy atom. The number of amides is 1. The molecule has 3 rings (SSSR count). The van der Waals surface area contributed by atoms with Gasteiger partial charge in [-0.2, -0.15) is 5.26 Å². The molecule has 0 aliphatic carbocycles. The van der Waals surface area contributed by atoms with E-state index in [0.29, 0.717) is 36.6 Å². The van der Waals surface area contributed by atoms with Gasteiger partial charge in [0, 0.05) is 18.5 Å². The van der Waals surface area contributed by atoms with E-state index in [2.05, 4.69) is 11.5 Å². The fraction of sp³-hybridized carbons (Fsp3) is 0.474. The topological polar surface area (TPSA) is 74.6 Å². The average molecular weight is 341 g/mol. The van der Waals surface area contributed by atoms with E-state index in [1.165, 1.54) is 0 Å². The third kappa shape index (κ3) is 2.85. The van der Waals surface area contributed by atoms with Gasteiger partial charge in [-0.25, -0.2) is 0 Å². The monoisotopic (exact) mass is 341 g/mol. The Bertz CT molecular complexity index is 790. The van der Waals surface area contributed by atoms with Crippen molar-refractivity contribution in [2.75, 3.05) is 13.2 Å². The van der Waals surface area contributed by atoms with Crippen LogP contribution in [0.3, 0.4) is 0 Å². The predicted octanol–water partition coefficient (Wildman–Crippen LogP) is 2.87. The molecule has 0 saturated carbocycles. The minimum absolute atomic E-state index is 0.0798. The lowest BCUT2D eigenvalue weighted by atomic mass is 9.90. The van der Waals surface area contributed by atoms with Crippen LogP contribution in [0.2, 0.25) is 0 Å². The summed E-state index contributed by atoms with van der Waals surface area (Å²) in [6.45, 7) is 8.77. The van der Waals surface area contributed by atoms with E-state index in [4.69, 9.17) is 9.57 Å². The number of fused-ring (bicyclic) bond motifs is 1. The summed E-state index contributed by atoms with van der Waals surface area (Å²) in [5.41, 5.74) is 5.93. The highest BCUT2D eigenvalue weighted by Crippen LogP contribution is 2.44. The third-order valence-corrected chi connectivity index (χ3v) is 4.65. The molecule has 0 spiro atoms. The van der Waals surface area contributed by atoms with Gasteiger partial charge in [0.2, 0.25) is 5.91 Å². The van der Waals surface area contributed by atoms with Crippen molar-refractivity contribution in [3.63, 3.8) is 0 Å². The van der Waals surface area contributed by atoms with Crippen molar-refractivity contribution >= 4 is 11.6 Å².